The number of hydrogen-bond donors (Lipinski definition) is 0. The van der Waals surface area contributed by atoms with E-state index in [1.807, 2.05) is 7.05 Å². The van der Waals surface area contributed by atoms with E-state index < -0.39 is 0 Å². The monoisotopic (exact) mass is 172 g/mol. The molecule has 62 valence electrons. The van der Waals surface area contributed by atoms with E-state index in [4.69, 9.17) is 0 Å². The Balaban J connectivity index is 2.44. The first-order valence-electron chi connectivity index (χ1n) is 3.55. The van der Waals surface area contributed by atoms with Crippen LogP contribution in [0.25, 0.3) is 0 Å². The van der Waals surface area contributed by atoms with Crippen LogP contribution in [0.1, 0.15) is 13.8 Å². The molecule has 0 radical (unpaired) electrons. The van der Waals surface area contributed by atoms with Crippen molar-refractivity contribution in [2.75, 3.05) is 5.75 Å². The number of nitrogens with zero attached hydrogens (tertiary/aromatic N) is 4. The molecule has 11 heavy (non-hydrogen) atoms. The van der Waals surface area contributed by atoms with Crippen molar-refractivity contribution in [1.82, 2.24) is 20.2 Å². The molecule has 0 aliphatic carbocycles. The van der Waals surface area contributed by atoms with E-state index in [0.717, 1.165) is 10.9 Å². The maximum absolute atomic E-state index is 3.85. The van der Waals surface area contributed by atoms with E-state index in [9.17, 15) is 0 Å². The van der Waals surface area contributed by atoms with Gasteiger partial charge in [0.15, 0.2) is 0 Å². The lowest BCUT2D eigenvalue weighted by molar-refractivity contribution is 0.662. The van der Waals surface area contributed by atoms with Crippen molar-refractivity contribution in [3.63, 3.8) is 0 Å². The van der Waals surface area contributed by atoms with Crippen molar-refractivity contribution >= 4 is 11.8 Å². The highest BCUT2D eigenvalue weighted by Crippen LogP contribution is 2.15. The number of aromatic nitrogens is 4. The lowest BCUT2D eigenvalue weighted by Gasteiger charge is -2.00. The zero-order valence-electron chi connectivity index (χ0n) is 6.98. The SMILES string of the molecule is CC(C)CSc1nnnn1C. The summed E-state index contributed by atoms with van der Waals surface area (Å²) in [7, 11) is 1.85. The van der Waals surface area contributed by atoms with Crippen LogP contribution in [0.4, 0.5) is 0 Å². The standard InChI is InChI=1S/C6H12N4S/c1-5(2)4-11-6-7-8-9-10(6)3/h5H,4H2,1-3H3. The van der Waals surface area contributed by atoms with Gasteiger partial charge in [-0.3, -0.25) is 0 Å². The van der Waals surface area contributed by atoms with Gasteiger partial charge in [0, 0.05) is 12.8 Å². The fourth-order valence-corrected chi connectivity index (χ4v) is 1.38. The van der Waals surface area contributed by atoms with Gasteiger partial charge in [-0.1, -0.05) is 25.6 Å². The van der Waals surface area contributed by atoms with Gasteiger partial charge in [0.25, 0.3) is 0 Å². The molecule has 0 saturated heterocycles. The summed E-state index contributed by atoms with van der Waals surface area (Å²) in [6, 6.07) is 0. The Hall–Kier alpha value is -0.580. The van der Waals surface area contributed by atoms with Gasteiger partial charge in [0.05, 0.1) is 0 Å². The molecule has 0 bridgehead atoms. The number of tetrazole rings is 1. The van der Waals surface area contributed by atoms with Crippen LogP contribution < -0.4 is 0 Å². The molecule has 1 rings (SSSR count). The quantitative estimate of drug-likeness (QED) is 0.637. The Labute approximate surface area is 70.4 Å². The summed E-state index contributed by atoms with van der Waals surface area (Å²) in [6.45, 7) is 4.35. The summed E-state index contributed by atoms with van der Waals surface area (Å²) in [5.74, 6) is 1.74. The van der Waals surface area contributed by atoms with Crippen molar-refractivity contribution in [3.05, 3.63) is 0 Å². The van der Waals surface area contributed by atoms with Crippen molar-refractivity contribution in [2.24, 2.45) is 13.0 Å². The zero-order valence-corrected chi connectivity index (χ0v) is 7.80. The van der Waals surface area contributed by atoms with Gasteiger partial charge in [-0.15, -0.1) is 5.10 Å². The Morgan fingerprint density at radius 2 is 2.27 bits per heavy atom. The second kappa shape index (κ2) is 3.71. The second-order valence-corrected chi connectivity index (χ2v) is 3.78. The third-order valence-electron chi connectivity index (χ3n) is 1.13. The Bertz CT molecular complexity index is 220. The number of hydrogen-bond acceptors (Lipinski definition) is 4. The van der Waals surface area contributed by atoms with E-state index in [1.165, 1.54) is 0 Å². The van der Waals surface area contributed by atoms with Crippen molar-refractivity contribution < 1.29 is 0 Å². The molecule has 4 nitrogen and oxygen atoms in total. The Kier molecular flexibility index (Phi) is 2.87. The van der Waals surface area contributed by atoms with Crippen molar-refractivity contribution in [2.45, 2.75) is 19.0 Å². The molecule has 0 amide bonds. The largest absolute Gasteiger partial charge is 0.224 e. The first-order valence-corrected chi connectivity index (χ1v) is 4.54. The van der Waals surface area contributed by atoms with Gasteiger partial charge in [0.1, 0.15) is 0 Å². The van der Waals surface area contributed by atoms with Crippen LogP contribution in [0.15, 0.2) is 5.16 Å². The highest BCUT2D eigenvalue weighted by atomic mass is 32.2. The minimum Gasteiger partial charge on any atom is -0.224 e. The fourth-order valence-electron chi connectivity index (χ4n) is 0.585. The summed E-state index contributed by atoms with van der Waals surface area (Å²) in [6.07, 6.45) is 0. The van der Waals surface area contributed by atoms with Gasteiger partial charge in [-0.05, 0) is 16.3 Å². The third kappa shape index (κ3) is 2.49. The molecular weight excluding hydrogens is 160 g/mol. The lowest BCUT2D eigenvalue weighted by Crippen LogP contribution is -1.96. The number of aryl methyl sites for hydroxylation is 1. The van der Waals surface area contributed by atoms with Gasteiger partial charge in [-0.25, -0.2) is 4.68 Å². The van der Waals surface area contributed by atoms with Crippen LogP contribution in [0.3, 0.4) is 0 Å². The Morgan fingerprint density at radius 1 is 1.55 bits per heavy atom. The molecule has 0 spiro atoms. The van der Waals surface area contributed by atoms with Crippen LogP contribution >= 0.6 is 11.8 Å². The molecule has 0 aromatic carbocycles. The van der Waals surface area contributed by atoms with E-state index in [0.29, 0.717) is 5.92 Å². The van der Waals surface area contributed by atoms with E-state index >= 15 is 0 Å². The summed E-state index contributed by atoms with van der Waals surface area (Å²) < 4.78 is 1.69. The van der Waals surface area contributed by atoms with Crippen LogP contribution in [-0.4, -0.2) is 26.0 Å². The minimum absolute atomic E-state index is 0.678. The molecular formula is C6H12N4S. The van der Waals surface area contributed by atoms with Gasteiger partial charge in [-0.2, -0.15) is 0 Å². The molecule has 1 aromatic heterocycles. The van der Waals surface area contributed by atoms with Gasteiger partial charge < -0.3 is 0 Å². The molecule has 0 aliphatic rings. The molecule has 1 aromatic rings. The average Bonchev–Trinajstić information content (AvgIpc) is 2.31. The van der Waals surface area contributed by atoms with Gasteiger partial charge >= 0.3 is 0 Å². The van der Waals surface area contributed by atoms with E-state index in [1.54, 1.807) is 16.4 Å². The summed E-state index contributed by atoms with van der Waals surface area (Å²) in [4.78, 5) is 0. The highest BCUT2D eigenvalue weighted by Gasteiger charge is 2.03. The molecule has 0 unspecified atom stereocenters. The maximum Gasteiger partial charge on any atom is 0.209 e. The van der Waals surface area contributed by atoms with Crippen LogP contribution in [0.2, 0.25) is 0 Å². The van der Waals surface area contributed by atoms with E-state index in [2.05, 4.69) is 29.4 Å². The van der Waals surface area contributed by atoms with Gasteiger partial charge in [0.2, 0.25) is 5.16 Å². The van der Waals surface area contributed by atoms with E-state index in [-0.39, 0.29) is 0 Å². The van der Waals surface area contributed by atoms with Crippen molar-refractivity contribution in [3.8, 4) is 0 Å². The molecule has 1 heterocycles. The average molecular weight is 172 g/mol. The molecule has 0 saturated carbocycles. The maximum atomic E-state index is 3.85. The Morgan fingerprint density at radius 3 is 2.73 bits per heavy atom. The van der Waals surface area contributed by atoms with Crippen LogP contribution in [0.5, 0.6) is 0 Å². The summed E-state index contributed by atoms with van der Waals surface area (Å²) in [5, 5.41) is 12.0. The van der Waals surface area contributed by atoms with Crippen LogP contribution in [0, 0.1) is 5.92 Å². The number of rotatable bonds is 3. The predicted molar refractivity (Wildman–Crippen MR) is 44.4 cm³/mol. The number of thioether (sulfide) groups is 1. The first kappa shape index (κ1) is 8.52. The fraction of sp³-hybridized carbons (Fsp3) is 0.833. The predicted octanol–water partition coefficient (Wildman–Crippen LogP) is 0.958. The lowest BCUT2D eigenvalue weighted by atomic mass is 10.3. The zero-order chi connectivity index (χ0) is 8.27. The molecule has 5 heteroatoms. The van der Waals surface area contributed by atoms with Crippen molar-refractivity contribution in [1.29, 1.82) is 0 Å². The smallest absolute Gasteiger partial charge is 0.209 e. The summed E-state index contributed by atoms with van der Waals surface area (Å²) in [5.41, 5.74) is 0. The summed E-state index contributed by atoms with van der Waals surface area (Å²) >= 11 is 1.69. The molecule has 0 N–H and O–H groups in total. The molecule has 0 atom stereocenters. The molecule has 0 fully saturated rings. The topological polar surface area (TPSA) is 43.6 Å². The molecule has 0 aliphatic heterocycles. The van der Waals surface area contributed by atoms with Crippen LogP contribution in [-0.2, 0) is 7.05 Å². The third-order valence-corrected chi connectivity index (χ3v) is 2.56. The highest BCUT2D eigenvalue weighted by molar-refractivity contribution is 7.99. The normalized spacial score (nSPS) is 10.9. The second-order valence-electron chi connectivity index (χ2n) is 2.79. The minimum atomic E-state index is 0.678. The first-order chi connectivity index (χ1) is 5.20.